The monoisotopic (exact) mass is 255 g/mol. The van der Waals surface area contributed by atoms with Crippen LogP contribution in [0.1, 0.15) is 73.1 Å². The Kier molecular flexibility index (Phi) is 11.0. The van der Waals surface area contributed by atoms with Crippen molar-refractivity contribution < 1.29 is 0 Å². The lowest BCUT2D eigenvalue weighted by molar-refractivity contribution is 0.393. The average molecular weight is 256 g/mol. The van der Waals surface area contributed by atoms with E-state index >= 15 is 0 Å². The maximum absolute atomic E-state index is 2.66. The van der Waals surface area contributed by atoms with Gasteiger partial charge in [0, 0.05) is 0 Å². The molecule has 102 valence electrons. The molecule has 0 aliphatic rings. The second-order valence-electron chi connectivity index (χ2n) is 5.25. The van der Waals surface area contributed by atoms with Gasteiger partial charge in [-0.1, -0.05) is 58.7 Å². The minimum absolute atomic E-state index is 0.154. The Morgan fingerprint density at radius 2 is 1.59 bits per heavy atom. The third-order valence-corrected chi connectivity index (χ3v) is 5.86. The summed E-state index contributed by atoms with van der Waals surface area (Å²) in [5, 5.41) is 0. The molecule has 0 heterocycles. The topological polar surface area (TPSA) is 3.24 Å². The van der Waals surface area contributed by atoms with Gasteiger partial charge in [-0.25, -0.2) is 0 Å². The van der Waals surface area contributed by atoms with E-state index in [-0.39, 0.29) is 9.68 Å². The molecular weight excluding hydrogens is 222 g/mol. The van der Waals surface area contributed by atoms with Crippen LogP contribution < -0.4 is 0 Å². The van der Waals surface area contributed by atoms with Crippen LogP contribution in [0.5, 0.6) is 0 Å². The molecule has 0 unspecified atom stereocenters. The summed E-state index contributed by atoms with van der Waals surface area (Å²) in [6.07, 6.45) is 8.09. The first-order valence-electron chi connectivity index (χ1n) is 7.57. The number of allylic oxidation sites excluding steroid dienone is 1. The van der Waals surface area contributed by atoms with E-state index in [1.807, 2.05) is 0 Å². The molecule has 0 aliphatic heterocycles. The van der Waals surface area contributed by atoms with Crippen LogP contribution in [-0.2, 0) is 0 Å². The van der Waals surface area contributed by atoms with Crippen molar-refractivity contribution in [2.24, 2.45) is 0 Å². The maximum atomic E-state index is 2.66. The standard InChI is InChI=1S/C15H33NSi/c1-6-9-11-15(12-10-7-2)13-17-16(8-3)14(4)5/h13-14H,6-12,17H2,1-5H3. The van der Waals surface area contributed by atoms with Gasteiger partial charge in [-0.2, -0.15) is 0 Å². The fourth-order valence-electron chi connectivity index (χ4n) is 2.09. The Hall–Kier alpha value is -0.0831. The Morgan fingerprint density at radius 3 is 1.94 bits per heavy atom. The van der Waals surface area contributed by atoms with Crippen molar-refractivity contribution in [3.63, 3.8) is 0 Å². The van der Waals surface area contributed by atoms with Crippen LogP contribution in [0.3, 0.4) is 0 Å². The predicted octanol–water partition coefficient (Wildman–Crippen LogP) is 4.06. The van der Waals surface area contributed by atoms with Gasteiger partial charge in [0.1, 0.15) is 9.68 Å². The summed E-state index contributed by atoms with van der Waals surface area (Å²) in [7, 11) is -0.154. The summed E-state index contributed by atoms with van der Waals surface area (Å²) in [6, 6.07) is 0.724. The van der Waals surface area contributed by atoms with E-state index in [0.717, 1.165) is 6.04 Å². The molecule has 1 nitrogen and oxygen atoms in total. The molecule has 17 heavy (non-hydrogen) atoms. The van der Waals surface area contributed by atoms with Gasteiger partial charge < -0.3 is 4.57 Å². The van der Waals surface area contributed by atoms with Gasteiger partial charge in [-0.15, -0.1) is 0 Å². The van der Waals surface area contributed by atoms with Gasteiger partial charge in [-0.3, -0.25) is 0 Å². The van der Waals surface area contributed by atoms with Gasteiger partial charge in [0.2, 0.25) is 0 Å². The van der Waals surface area contributed by atoms with Crippen molar-refractivity contribution in [3.8, 4) is 0 Å². The first-order chi connectivity index (χ1) is 8.15. The van der Waals surface area contributed by atoms with Gasteiger partial charge >= 0.3 is 0 Å². The minimum Gasteiger partial charge on any atom is -0.323 e. The largest absolute Gasteiger partial charge is 0.323 e. The summed E-state index contributed by atoms with van der Waals surface area (Å²) >= 11 is 0. The van der Waals surface area contributed by atoms with Crippen LogP contribution >= 0.6 is 0 Å². The molecular formula is C15H33NSi. The van der Waals surface area contributed by atoms with Crippen LogP contribution in [-0.4, -0.2) is 26.8 Å². The average Bonchev–Trinajstić information content (AvgIpc) is 2.31. The van der Waals surface area contributed by atoms with Crippen LogP contribution in [0, 0.1) is 0 Å². The Bertz CT molecular complexity index is 189. The molecule has 0 spiro atoms. The number of rotatable bonds is 10. The fourth-order valence-corrected chi connectivity index (χ4v) is 3.67. The molecule has 0 aromatic rings. The molecule has 0 aliphatic carbocycles. The first kappa shape index (κ1) is 16.9. The smallest absolute Gasteiger partial charge is 0.119 e. The van der Waals surface area contributed by atoms with E-state index in [0.29, 0.717) is 0 Å². The molecule has 0 aromatic carbocycles. The van der Waals surface area contributed by atoms with Crippen molar-refractivity contribution in [2.75, 3.05) is 6.54 Å². The summed E-state index contributed by atoms with van der Waals surface area (Å²) in [5.41, 5.74) is 4.38. The lowest BCUT2D eigenvalue weighted by Crippen LogP contribution is -2.33. The zero-order chi connectivity index (χ0) is 13.1. The Balaban J connectivity index is 4.23. The molecule has 0 saturated carbocycles. The lowest BCUT2D eigenvalue weighted by atomic mass is 10.1. The van der Waals surface area contributed by atoms with Crippen LogP contribution in [0.4, 0.5) is 0 Å². The number of hydrogen-bond acceptors (Lipinski definition) is 1. The summed E-state index contributed by atoms with van der Waals surface area (Å²) in [4.78, 5) is 0. The Morgan fingerprint density at radius 1 is 1.06 bits per heavy atom. The minimum atomic E-state index is -0.154. The normalized spacial score (nSPS) is 11.9. The predicted molar refractivity (Wildman–Crippen MR) is 83.2 cm³/mol. The van der Waals surface area contributed by atoms with Crippen molar-refractivity contribution in [1.82, 2.24) is 4.57 Å². The molecule has 0 radical (unpaired) electrons. The maximum Gasteiger partial charge on any atom is 0.119 e. The summed E-state index contributed by atoms with van der Waals surface area (Å²) < 4.78 is 2.66. The van der Waals surface area contributed by atoms with Crippen LogP contribution in [0.25, 0.3) is 0 Å². The van der Waals surface area contributed by atoms with Gasteiger partial charge in [0.25, 0.3) is 0 Å². The van der Waals surface area contributed by atoms with E-state index in [4.69, 9.17) is 0 Å². The van der Waals surface area contributed by atoms with Crippen molar-refractivity contribution in [1.29, 1.82) is 0 Å². The first-order valence-corrected chi connectivity index (χ1v) is 9.02. The van der Waals surface area contributed by atoms with E-state index in [9.17, 15) is 0 Å². The number of nitrogens with zero attached hydrogens (tertiary/aromatic N) is 1. The second kappa shape index (κ2) is 11.0. The van der Waals surface area contributed by atoms with Gasteiger partial charge in [-0.05, 0) is 38.3 Å². The second-order valence-corrected chi connectivity index (χ2v) is 6.84. The third-order valence-electron chi connectivity index (χ3n) is 3.45. The molecule has 0 N–H and O–H groups in total. The molecule has 0 amide bonds. The molecule has 0 bridgehead atoms. The highest BCUT2D eigenvalue weighted by Gasteiger charge is 2.05. The fraction of sp³-hybridized carbons (Fsp3) is 0.867. The SMILES string of the molecule is CCCCC(=C[SiH2]N(CC)C(C)C)CCCC. The highest BCUT2D eigenvalue weighted by Crippen LogP contribution is 2.15. The molecule has 0 rings (SSSR count). The van der Waals surface area contributed by atoms with Crippen LogP contribution in [0.15, 0.2) is 11.3 Å². The van der Waals surface area contributed by atoms with Crippen molar-refractivity contribution in [3.05, 3.63) is 11.3 Å². The zero-order valence-electron chi connectivity index (χ0n) is 12.8. The lowest BCUT2D eigenvalue weighted by Gasteiger charge is -2.23. The van der Waals surface area contributed by atoms with E-state index in [2.05, 4.69) is 44.9 Å². The van der Waals surface area contributed by atoms with Gasteiger partial charge in [0.15, 0.2) is 0 Å². The summed E-state index contributed by atoms with van der Waals surface area (Å²) in [5.74, 6) is 0. The number of hydrogen-bond donors (Lipinski definition) is 0. The third kappa shape index (κ3) is 8.61. The van der Waals surface area contributed by atoms with E-state index in [1.54, 1.807) is 5.57 Å². The zero-order valence-corrected chi connectivity index (χ0v) is 14.2. The van der Waals surface area contributed by atoms with Crippen molar-refractivity contribution in [2.45, 2.75) is 79.2 Å². The van der Waals surface area contributed by atoms with Crippen molar-refractivity contribution >= 4 is 9.68 Å². The molecule has 0 saturated heterocycles. The number of unbranched alkanes of at least 4 members (excludes halogenated alkanes) is 2. The highest BCUT2D eigenvalue weighted by atomic mass is 28.2. The molecule has 0 fully saturated rings. The van der Waals surface area contributed by atoms with Gasteiger partial charge in [0.05, 0.1) is 0 Å². The molecule has 0 atom stereocenters. The Labute approximate surface area is 112 Å². The highest BCUT2D eigenvalue weighted by molar-refractivity contribution is 6.39. The molecule has 0 aromatic heterocycles. The summed E-state index contributed by atoms with van der Waals surface area (Å²) in [6.45, 7) is 12.7. The van der Waals surface area contributed by atoms with Crippen LogP contribution in [0.2, 0.25) is 0 Å². The van der Waals surface area contributed by atoms with E-state index in [1.165, 1.54) is 45.1 Å². The quantitative estimate of drug-likeness (QED) is 0.532. The molecule has 2 heteroatoms. The van der Waals surface area contributed by atoms with E-state index < -0.39 is 0 Å².